The van der Waals surface area contributed by atoms with Crippen LogP contribution in [-0.2, 0) is 6.42 Å². The van der Waals surface area contributed by atoms with Crippen LogP contribution in [0.1, 0.15) is 59.4 Å². The Kier molecular flexibility index (Phi) is 3.20. The second-order valence-electron chi connectivity index (χ2n) is 5.12. The number of hydrogen-bond acceptors (Lipinski definition) is 2. The molecule has 19 heavy (non-hydrogen) atoms. The van der Waals surface area contributed by atoms with Gasteiger partial charge < -0.3 is 4.98 Å². The lowest BCUT2D eigenvalue weighted by Gasteiger charge is -2.17. The van der Waals surface area contributed by atoms with Gasteiger partial charge in [-0.25, -0.2) is 4.98 Å². The highest BCUT2D eigenvalue weighted by molar-refractivity contribution is 6.02. The Morgan fingerprint density at radius 2 is 2.26 bits per heavy atom. The van der Waals surface area contributed by atoms with Gasteiger partial charge in [0.25, 0.3) is 0 Å². The van der Waals surface area contributed by atoms with E-state index in [1.807, 2.05) is 6.20 Å². The van der Waals surface area contributed by atoms with Crippen molar-refractivity contribution >= 4 is 5.78 Å². The maximum absolute atomic E-state index is 12.1. The van der Waals surface area contributed by atoms with E-state index >= 15 is 0 Å². The minimum Gasteiger partial charge on any atom is -0.348 e. The molecule has 1 aliphatic rings. The Morgan fingerprint density at radius 3 is 3.00 bits per heavy atom. The van der Waals surface area contributed by atoms with E-state index < -0.39 is 0 Å². The van der Waals surface area contributed by atoms with Crippen LogP contribution < -0.4 is 0 Å². The summed E-state index contributed by atoms with van der Waals surface area (Å²) in [5.74, 6) is 1.46. The number of H-pyrrole nitrogens is 1. The van der Waals surface area contributed by atoms with Crippen molar-refractivity contribution in [2.75, 3.05) is 0 Å². The second-order valence-corrected chi connectivity index (χ2v) is 5.12. The SMILES string of the molecule is CCCC(c1ncc[nH]1)c1cccc2c1C(=O)CC2. The van der Waals surface area contributed by atoms with Crippen LogP contribution in [0.15, 0.2) is 30.6 Å². The zero-order valence-corrected chi connectivity index (χ0v) is 11.1. The van der Waals surface area contributed by atoms with E-state index in [0.29, 0.717) is 12.2 Å². The Bertz CT molecular complexity index is 587. The molecular weight excluding hydrogens is 236 g/mol. The van der Waals surface area contributed by atoms with Crippen LogP contribution in [0.25, 0.3) is 0 Å². The van der Waals surface area contributed by atoms with E-state index in [4.69, 9.17) is 0 Å². The summed E-state index contributed by atoms with van der Waals surface area (Å²) in [6, 6.07) is 6.23. The normalized spacial score (nSPS) is 15.5. The van der Waals surface area contributed by atoms with Crippen LogP contribution in [0.3, 0.4) is 0 Å². The van der Waals surface area contributed by atoms with E-state index in [-0.39, 0.29) is 5.92 Å². The number of Topliss-reactive ketones (excluding diaryl/α,β-unsaturated/α-hetero) is 1. The molecule has 0 saturated heterocycles. The fourth-order valence-electron chi connectivity index (χ4n) is 3.03. The fraction of sp³-hybridized carbons (Fsp3) is 0.375. The molecule has 0 amide bonds. The van der Waals surface area contributed by atoms with Crippen LogP contribution >= 0.6 is 0 Å². The average Bonchev–Trinajstić information content (AvgIpc) is 3.06. The van der Waals surface area contributed by atoms with Crippen molar-refractivity contribution < 1.29 is 4.79 Å². The number of fused-ring (bicyclic) bond motifs is 1. The lowest BCUT2D eigenvalue weighted by atomic mass is 9.88. The third kappa shape index (κ3) is 2.09. The van der Waals surface area contributed by atoms with Crippen LogP contribution in [-0.4, -0.2) is 15.8 Å². The third-order valence-electron chi connectivity index (χ3n) is 3.89. The fourth-order valence-corrected chi connectivity index (χ4v) is 3.03. The Balaban J connectivity index is 2.09. The van der Waals surface area contributed by atoms with E-state index in [1.165, 1.54) is 5.56 Å². The number of imidazole rings is 1. The number of nitrogens with zero attached hydrogens (tertiary/aromatic N) is 1. The molecule has 1 aliphatic carbocycles. The summed E-state index contributed by atoms with van der Waals surface area (Å²) in [5, 5.41) is 0. The maximum Gasteiger partial charge on any atom is 0.163 e. The molecule has 3 nitrogen and oxygen atoms in total. The molecule has 0 spiro atoms. The van der Waals surface area contributed by atoms with E-state index in [0.717, 1.165) is 36.2 Å². The Morgan fingerprint density at radius 1 is 1.37 bits per heavy atom. The van der Waals surface area contributed by atoms with Crippen molar-refractivity contribution in [2.45, 2.75) is 38.5 Å². The monoisotopic (exact) mass is 254 g/mol. The molecule has 1 aromatic carbocycles. The lowest BCUT2D eigenvalue weighted by molar-refractivity contribution is 0.0993. The minimum absolute atomic E-state index is 0.206. The minimum atomic E-state index is 0.206. The number of aromatic amines is 1. The molecule has 0 saturated carbocycles. The van der Waals surface area contributed by atoms with Crippen molar-refractivity contribution in [1.29, 1.82) is 0 Å². The van der Waals surface area contributed by atoms with Crippen LogP contribution in [0.2, 0.25) is 0 Å². The highest BCUT2D eigenvalue weighted by Crippen LogP contribution is 2.34. The number of aryl methyl sites for hydroxylation is 1. The van der Waals surface area contributed by atoms with Gasteiger partial charge in [-0.15, -0.1) is 0 Å². The first-order chi connectivity index (χ1) is 9.31. The molecule has 0 radical (unpaired) electrons. The molecule has 0 bridgehead atoms. The molecule has 0 fully saturated rings. The van der Waals surface area contributed by atoms with Crippen molar-refractivity contribution in [3.8, 4) is 0 Å². The molecule has 0 aliphatic heterocycles. The molecule has 1 atom stereocenters. The summed E-state index contributed by atoms with van der Waals surface area (Å²) in [6.45, 7) is 2.17. The van der Waals surface area contributed by atoms with Gasteiger partial charge in [0.15, 0.2) is 5.78 Å². The van der Waals surface area contributed by atoms with Gasteiger partial charge in [0.2, 0.25) is 0 Å². The molecule has 1 aromatic heterocycles. The van der Waals surface area contributed by atoms with Gasteiger partial charge in [-0.1, -0.05) is 31.5 Å². The summed E-state index contributed by atoms with van der Waals surface area (Å²) in [7, 11) is 0. The molecule has 1 unspecified atom stereocenters. The zero-order chi connectivity index (χ0) is 13.2. The Hall–Kier alpha value is -1.90. The van der Waals surface area contributed by atoms with Crippen LogP contribution in [0.4, 0.5) is 0 Å². The standard InChI is InChI=1S/C16H18N2O/c1-2-4-13(16-17-9-10-18-16)12-6-3-5-11-7-8-14(19)15(11)12/h3,5-6,9-10,13H,2,4,7-8H2,1H3,(H,17,18). The molecule has 1 heterocycles. The summed E-state index contributed by atoms with van der Waals surface area (Å²) >= 11 is 0. The van der Waals surface area contributed by atoms with E-state index in [1.54, 1.807) is 6.20 Å². The summed E-state index contributed by atoms with van der Waals surface area (Å²) in [6.07, 6.45) is 7.26. The molecule has 98 valence electrons. The summed E-state index contributed by atoms with van der Waals surface area (Å²) in [5.41, 5.74) is 3.31. The lowest BCUT2D eigenvalue weighted by Crippen LogP contribution is -2.08. The van der Waals surface area contributed by atoms with Crippen molar-refractivity contribution in [3.63, 3.8) is 0 Å². The number of ketones is 1. The number of aromatic nitrogens is 2. The van der Waals surface area contributed by atoms with Gasteiger partial charge in [-0.3, -0.25) is 4.79 Å². The number of benzene rings is 1. The summed E-state index contributed by atoms with van der Waals surface area (Å²) in [4.78, 5) is 19.7. The van der Waals surface area contributed by atoms with E-state index in [9.17, 15) is 4.79 Å². The van der Waals surface area contributed by atoms with Crippen molar-refractivity contribution in [1.82, 2.24) is 9.97 Å². The molecule has 1 N–H and O–H groups in total. The maximum atomic E-state index is 12.1. The number of hydrogen-bond donors (Lipinski definition) is 1. The predicted octanol–water partition coefficient (Wildman–Crippen LogP) is 3.47. The first kappa shape index (κ1) is 12.2. The number of nitrogens with one attached hydrogen (secondary N) is 1. The van der Waals surface area contributed by atoms with Gasteiger partial charge in [0.1, 0.15) is 5.82 Å². The van der Waals surface area contributed by atoms with Crippen LogP contribution in [0, 0.1) is 0 Å². The van der Waals surface area contributed by atoms with Crippen molar-refractivity contribution in [2.24, 2.45) is 0 Å². The number of carbonyl (C=O) groups is 1. The molecular formula is C16H18N2O. The van der Waals surface area contributed by atoms with Crippen LogP contribution in [0.5, 0.6) is 0 Å². The van der Waals surface area contributed by atoms with Gasteiger partial charge in [0, 0.05) is 30.3 Å². The van der Waals surface area contributed by atoms with Gasteiger partial charge >= 0.3 is 0 Å². The predicted molar refractivity (Wildman–Crippen MR) is 74.4 cm³/mol. The van der Waals surface area contributed by atoms with Gasteiger partial charge in [-0.05, 0) is 24.0 Å². The number of rotatable bonds is 4. The van der Waals surface area contributed by atoms with Gasteiger partial charge in [0.05, 0.1) is 0 Å². The van der Waals surface area contributed by atoms with E-state index in [2.05, 4.69) is 35.1 Å². The first-order valence-corrected chi connectivity index (χ1v) is 6.95. The molecule has 3 rings (SSSR count). The number of carbonyl (C=O) groups excluding carboxylic acids is 1. The summed E-state index contributed by atoms with van der Waals surface area (Å²) < 4.78 is 0. The third-order valence-corrected chi connectivity index (χ3v) is 3.89. The molecule has 2 aromatic rings. The Labute approximate surface area is 113 Å². The second kappa shape index (κ2) is 5.00. The topological polar surface area (TPSA) is 45.8 Å². The largest absolute Gasteiger partial charge is 0.348 e. The quantitative estimate of drug-likeness (QED) is 0.908. The average molecular weight is 254 g/mol. The highest BCUT2D eigenvalue weighted by Gasteiger charge is 2.27. The smallest absolute Gasteiger partial charge is 0.163 e. The molecule has 3 heteroatoms. The highest BCUT2D eigenvalue weighted by atomic mass is 16.1. The zero-order valence-electron chi connectivity index (χ0n) is 11.1. The van der Waals surface area contributed by atoms with Crippen molar-refractivity contribution in [3.05, 3.63) is 53.1 Å². The first-order valence-electron chi connectivity index (χ1n) is 6.95. The van der Waals surface area contributed by atoms with Gasteiger partial charge in [-0.2, -0.15) is 0 Å².